The molecule has 134 valence electrons. The summed E-state index contributed by atoms with van der Waals surface area (Å²) in [4.78, 5) is 0. The standard InChI is InChI=1S/C24H28N2/c1-15(2)22-14-18-10-6-7-11-19(18)23-17(5)26(16(3)4)25-24(23)21-13-9-8-12-20(21)22/h6-13,15-16,22H,14H2,1-5H3. The van der Waals surface area contributed by atoms with Crippen molar-refractivity contribution in [3.63, 3.8) is 0 Å². The molecule has 1 aliphatic rings. The van der Waals surface area contributed by atoms with Gasteiger partial charge in [0.25, 0.3) is 0 Å². The van der Waals surface area contributed by atoms with E-state index in [2.05, 4.69) is 87.8 Å². The van der Waals surface area contributed by atoms with Gasteiger partial charge in [0, 0.05) is 22.9 Å². The van der Waals surface area contributed by atoms with E-state index in [9.17, 15) is 0 Å². The molecule has 0 saturated heterocycles. The molecule has 0 saturated carbocycles. The van der Waals surface area contributed by atoms with Crippen LogP contribution in [0.1, 0.15) is 56.5 Å². The molecule has 0 N–H and O–H groups in total. The monoisotopic (exact) mass is 344 g/mol. The lowest BCUT2D eigenvalue weighted by Crippen LogP contribution is -2.14. The van der Waals surface area contributed by atoms with Gasteiger partial charge in [-0.05, 0) is 55.7 Å². The van der Waals surface area contributed by atoms with Crippen LogP contribution in [0.15, 0.2) is 48.5 Å². The molecule has 0 aliphatic heterocycles. The molecule has 2 nitrogen and oxygen atoms in total. The van der Waals surface area contributed by atoms with Gasteiger partial charge in [0.1, 0.15) is 5.69 Å². The van der Waals surface area contributed by atoms with Crippen LogP contribution < -0.4 is 0 Å². The third kappa shape index (κ3) is 2.59. The van der Waals surface area contributed by atoms with Gasteiger partial charge in [0.05, 0.1) is 0 Å². The maximum Gasteiger partial charge on any atom is 0.101 e. The fraction of sp³-hybridized carbons (Fsp3) is 0.375. The van der Waals surface area contributed by atoms with E-state index in [1.165, 1.54) is 33.5 Å². The Morgan fingerprint density at radius 3 is 2.27 bits per heavy atom. The van der Waals surface area contributed by atoms with Gasteiger partial charge in [-0.15, -0.1) is 0 Å². The molecule has 2 aromatic carbocycles. The van der Waals surface area contributed by atoms with Crippen molar-refractivity contribution in [2.24, 2.45) is 5.92 Å². The first-order chi connectivity index (χ1) is 12.5. The van der Waals surface area contributed by atoms with Gasteiger partial charge in [0.2, 0.25) is 0 Å². The van der Waals surface area contributed by atoms with E-state index in [4.69, 9.17) is 5.10 Å². The predicted octanol–water partition coefficient (Wildman–Crippen LogP) is 6.40. The van der Waals surface area contributed by atoms with Crippen LogP contribution in [-0.4, -0.2) is 9.78 Å². The van der Waals surface area contributed by atoms with Gasteiger partial charge in [0.15, 0.2) is 0 Å². The molecule has 0 radical (unpaired) electrons. The molecule has 0 amide bonds. The summed E-state index contributed by atoms with van der Waals surface area (Å²) >= 11 is 0. The Hall–Kier alpha value is -2.35. The zero-order valence-corrected chi connectivity index (χ0v) is 16.5. The van der Waals surface area contributed by atoms with Gasteiger partial charge in [-0.1, -0.05) is 62.4 Å². The summed E-state index contributed by atoms with van der Waals surface area (Å²) in [6, 6.07) is 18.1. The molecule has 2 heteroatoms. The number of benzene rings is 2. The number of nitrogens with zero attached hydrogens (tertiary/aromatic N) is 2. The first-order valence-electron chi connectivity index (χ1n) is 9.75. The van der Waals surface area contributed by atoms with Crippen LogP contribution in [-0.2, 0) is 6.42 Å². The molecule has 4 rings (SSSR count). The molecule has 1 aromatic heterocycles. The summed E-state index contributed by atoms with van der Waals surface area (Å²) in [5.41, 5.74) is 9.25. The minimum absolute atomic E-state index is 0.350. The largest absolute Gasteiger partial charge is 0.266 e. The van der Waals surface area contributed by atoms with Gasteiger partial charge < -0.3 is 0 Å². The molecular weight excluding hydrogens is 316 g/mol. The fourth-order valence-electron chi connectivity index (χ4n) is 4.45. The zero-order valence-electron chi connectivity index (χ0n) is 16.5. The molecule has 1 atom stereocenters. The van der Waals surface area contributed by atoms with Crippen molar-refractivity contribution in [3.05, 3.63) is 65.4 Å². The molecule has 1 aliphatic carbocycles. The Labute approximate surface area is 156 Å². The Morgan fingerprint density at radius 1 is 0.923 bits per heavy atom. The molecule has 0 spiro atoms. The number of aromatic nitrogens is 2. The quantitative estimate of drug-likeness (QED) is 0.526. The maximum atomic E-state index is 5.10. The zero-order chi connectivity index (χ0) is 18.4. The lowest BCUT2D eigenvalue weighted by Gasteiger charge is -2.27. The number of fused-ring (bicyclic) bond motifs is 5. The molecule has 26 heavy (non-hydrogen) atoms. The molecule has 3 aromatic rings. The Kier molecular flexibility index (Phi) is 4.22. The normalized spacial score (nSPS) is 16.0. The minimum atomic E-state index is 0.350. The summed E-state index contributed by atoms with van der Waals surface area (Å²) in [5.74, 6) is 1.09. The van der Waals surface area contributed by atoms with Crippen molar-refractivity contribution < 1.29 is 0 Å². The Bertz CT molecular complexity index is 947. The first-order valence-corrected chi connectivity index (χ1v) is 9.75. The summed E-state index contributed by atoms with van der Waals surface area (Å²) in [7, 11) is 0. The minimum Gasteiger partial charge on any atom is -0.266 e. The predicted molar refractivity (Wildman–Crippen MR) is 110 cm³/mol. The van der Waals surface area contributed by atoms with Crippen molar-refractivity contribution in [2.45, 2.75) is 53.0 Å². The van der Waals surface area contributed by atoms with E-state index in [0.29, 0.717) is 17.9 Å². The second-order valence-electron chi connectivity index (χ2n) is 8.15. The number of hydrogen-bond acceptors (Lipinski definition) is 1. The first kappa shape index (κ1) is 17.1. The van der Waals surface area contributed by atoms with Crippen molar-refractivity contribution in [1.82, 2.24) is 9.78 Å². The van der Waals surface area contributed by atoms with Gasteiger partial charge in [-0.3, -0.25) is 4.68 Å². The molecule has 0 bridgehead atoms. The number of rotatable bonds is 2. The van der Waals surface area contributed by atoms with Crippen LogP contribution >= 0.6 is 0 Å². The highest BCUT2D eigenvalue weighted by atomic mass is 15.3. The van der Waals surface area contributed by atoms with E-state index < -0.39 is 0 Å². The smallest absolute Gasteiger partial charge is 0.101 e. The van der Waals surface area contributed by atoms with Crippen molar-refractivity contribution in [3.8, 4) is 22.4 Å². The molecular formula is C24H28N2. The molecule has 1 unspecified atom stereocenters. The van der Waals surface area contributed by atoms with Crippen molar-refractivity contribution in [1.29, 1.82) is 0 Å². The van der Waals surface area contributed by atoms with E-state index >= 15 is 0 Å². The van der Waals surface area contributed by atoms with Crippen LogP contribution in [0.2, 0.25) is 0 Å². The third-order valence-electron chi connectivity index (χ3n) is 5.79. The molecule has 0 fully saturated rings. The highest BCUT2D eigenvalue weighted by Crippen LogP contribution is 2.45. The van der Waals surface area contributed by atoms with Gasteiger partial charge in [-0.2, -0.15) is 5.10 Å². The Balaban J connectivity index is 2.11. The van der Waals surface area contributed by atoms with Crippen LogP contribution in [0.3, 0.4) is 0 Å². The second kappa shape index (κ2) is 6.42. The molecule has 1 heterocycles. The van der Waals surface area contributed by atoms with E-state index in [1.807, 2.05) is 0 Å². The van der Waals surface area contributed by atoms with Crippen LogP contribution in [0, 0.1) is 12.8 Å². The van der Waals surface area contributed by atoms with Gasteiger partial charge in [-0.25, -0.2) is 0 Å². The highest BCUT2D eigenvalue weighted by molar-refractivity contribution is 5.86. The highest BCUT2D eigenvalue weighted by Gasteiger charge is 2.29. The second-order valence-corrected chi connectivity index (χ2v) is 8.15. The lowest BCUT2D eigenvalue weighted by atomic mass is 9.76. The SMILES string of the molecule is Cc1c2c(nn1C(C)C)-c1ccccc1C(C(C)C)Cc1ccccc1-2. The summed E-state index contributed by atoms with van der Waals surface area (Å²) in [6.45, 7) is 11.3. The number of hydrogen-bond donors (Lipinski definition) is 0. The van der Waals surface area contributed by atoms with Crippen molar-refractivity contribution >= 4 is 0 Å². The van der Waals surface area contributed by atoms with Gasteiger partial charge >= 0.3 is 0 Å². The Morgan fingerprint density at radius 2 is 1.58 bits per heavy atom. The average molecular weight is 345 g/mol. The summed E-state index contributed by atoms with van der Waals surface area (Å²) in [5, 5.41) is 5.10. The van der Waals surface area contributed by atoms with Crippen LogP contribution in [0.25, 0.3) is 22.4 Å². The van der Waals surface area contributed by atoms with Crippen molar-refractivity contribution in [2.75, 3.05) is 0 Å². The lowest BCUT2D eigenvalue weighted by molar-refractivity contribution is 0.496. The average Bonchev–Trinajstić information content (AvgIpc) is 2.95. The van der Waals surface area contributed by atoms with E-state index in [0.717, 1.165) is 12.1 Å². The van der Waals surface area contributed by atoms with Crippen LogP contribution in [0.4, 0.5) is 0 Å². The van der Waals surface area contributed by atoms with Crippen LogP contribution in [0.5, 0.6) is 0 Å². The summed E-state index contributed by atoms with van der Waals surface area (Å²) < 4.78 is 2.19. The topological polar surface area (TPSA) is 17.8 Å². The van der Waals surface area contributed by atoms with E-state index in [1.54, 1.807) is 0 Å². The summed E-state index contributed by atoms with van der Waals surface area (Å²) in [6.07, 6.45) is 1.08. The fourth-order valence-corrected chi connectivity index (χ4v) is 4.45. The van der Waals surface area contributed by atoms with E-state index in [-0.39, 0.29) is 0 Å². The third-order valence-corrected chi connectivity index (χ3v) is 5.79. The maximum absolute atomic E-state index is 5.10.